The van der Waals surface area contributed by atoms with Crippen LogP contribution in [-0.2, 0) is 9.53 Å². The molecule has 15 heavy (non-hydrogen) atoms. The molecule has 1 saturated heterocycles. The van der Waals surface area contributed by atoms with Gasteiger partial charge in [-0.15, -0.1) is 0 Å². The van der Waals surface area contributed by atoms with Crippen molar-refractivity contribution in [2.45, 2.75) is 43.5 Å². The maximum atomic E-state index is 11.7. The number of amides is 1. The van der Waals surface area contributed by atoms with Crippen molar-refractivity contribution >= 4 is 21.8 Å². The maximum Gasteiger partial charge on any atom is 0.222 e. The molecular weight excluding hydrogens is 258 g/mol. The van der Waals surface area contributed by atoms with E-state index in [0.29, 0.717) is 17.4 Å². The number of ether oxygens (including phenoxy) is 1. The Morgan fingerprint density at radius 3 is 2.93 bits per heavy atom. The van der Waals surface area contributed by atoms with Crippen LogP contribution in [-0.4, -0.2) is 41.9 Å². The van der Waals surface area contributed by atoms with Crippen LogP contribution in [0.15, 0.2) is 0 Å². The molecule has 1 fully saturated rings. The van der Waals surface area contributed by atoms with Crippen molar-refractivity contribution < 1.29 is 9.53 Å². The summed E-state index contributed by atoms with van der Waals surface area (Å²) in [5, 5.41) is 0. The first kappa shape index (κ1) is 13.0. The van der Waals surface area contributed by atoms with Gasteiger partial charge in [-0.25, -0.2) is 0 Å². The molecule has 0 bridgehead atoms. The number of halogens is 1. The lowest BCUT2D eigenvalue weighted by atomic mass is 10.1. The minimum absolute atomic E-state index is 0.219. The summed E-state index contributed by atoms with van der Waals surface area (Å²) >= 11 is 3.44. The van der Waals surface area contributed by atoms with E-state index in [4.69, 9.17) is 4.74 Å². The number of alkyl halides is 1. The highest BCUT2D eigenvalue weighted by molar-refractivity contribution is 9.09. The summed E-state index contributed by atoms with van der Waals surface area (Å²) < 4.78 is 5.48. The average Bonchev–Trinajstić information content (AvgIpc) is 2.65. The van der Waals surface area contributed by atoms with Crippen LogP contribution >= 0.6 is 15.9 Å². The molecule has 0 aromatic carbocycles. The topological polar surface area (TPSA) is 29.5 Å². The normalized spacial score (nSPS) is 22.7. The first-order valence-electron chi connectivity index (χ1n) is 5.59. The number of hydrogen-bond donors (Lipinski definition) is 0. The van der Waals surface area contributed by atoms with E-state index < -0.39 is 0 Å². The van der Waals surface area contributed by atoms with Crippen molar-refractivity contribution in [1.82, 2.24) is 4.90 Å². The van der Waals surface area contributed by atoms with Crippen molar-refractivity contribution in [3.8, 4) is 0 Å². The smallest absolute Gasteiger partial charge is 0.222 e. The molecule has 2 unspecified atom stereocenters. The lowest BCUT2D eigenvalue weighted by molar-refractivity contribution is -0.130. The third-order valence-electron chi connectivity index (χ3n) is 2.66. The third-order valence-corrected chi connectivity index (χ3v) is 2.94. The molecule has 88 valence electrons. The first-order valence-corrected chi connectivity index (χ1v) is 6.51. The lowest BCUT2D eigenvalue weighted by Crippen LogP contribution is -2.31. The molecule has 0 saturated carbocycles. The largest absolute Gasteiger partial charge is 0.378 e. The molecule has 0 aromatic heterocycles. The zero-order chi connectivity index (χ0) is 11.3. The lowest BCUT2D eigenvalue weighted by Gasteiger charge is -2.19. The second kappa shape index (κ2) is 6.48. The molecule has 1 aliphatic rings. The molecule has 0 spiro atoms. The Bertz CT molecular complexity index is 203. The fourth-order valence-corrected chi connectivity index (χ4v) is 2.26. The summed E-state index contributed by atoms with van der Waals surface area (Å²) in [7, 11) is 1.86. The number of carbonyl (C=O) groups excluding carboxylic acids is 1. The van der Waals surface area contributed by atoms with E-state index in [1.807, 2.05) is 14.0 Å². The molecule has 1 heterocycles. The number of nitrogens with zero attached hydrogens (tertiary/aromatic N) is 1. The summed E-state index contributed by atoms with van der Waals surface area (Å²) in [6, 6.07) is 0. The first-order chi connectivity index (χ1) is 7.09. The Morgan fingerprint density at radius 1 is 1.67 bits per heavy atom. The SMILES string of the molecule is CC(Br)CN(C)C(=O)CCC1CCCO1. The van der Waals surface area contributed by atoms with E-state index in [1.165, 1.54) is 0 Å². The Kier molecular flexibility index (Phi) is 5.61. The van der Waals surface area contributed by atoms with Gasteiger partial charge in [0.05, 0.1) is 6.10 Å². The van der Waals surface area contributed by atoms with Crippen LogP contribution in [0.2, 0.25) is 0 Å². The van der Waals surface area contributed by atoms with Gasteiger partial charge < -0.3 is 9.64 Å². The second-order valence-corrected chi connectivity index (χ2v) is 5.79. The summed E-state index contributed by atoms with van der Waals surface area (Å²) in [6.45, 7) is 3.68. The monoisotopic (exact) mass is 277 g/mol. The number of hydrogen-bond acceptors (Lipinski definition) is 2. The molecule has 1 amide bonds. The fourth-order valence-electron chi connectivity index (χ4n) is 1.83. The van der Waals surface area contributed by atoms with Gasteiger partial charge in [-0.2, -0.15) is 0 Å². The van der Waals surface area contributed by atoms with Gasteiger partial charge >= 0.3 is 0 Å². The van der Waals surface area contributed by atoms with E-state index in [9.17, 15) is 4.79 Å². The fraction of sp³-hybridized carbons (Fsp3) is 0.909. The highest BCUT2D eigenvalue weighted by atomic mass is 79.9. The Morgan fingerprint density at radius 2 is 2.40 bits per heavy atom. The predicted octanol–water partition coefficient (Wildman–Crippen LogP) is 2.19. The highest BCUT2D eigenvalue weighted by Crippen LogP contribution is 2.17. The van der Waals surface area contributed by atoms with Gasteiger partial charge in [0.15, 0.2) is 0 Å². The van der Waals surface area contributed by atoms with E-state index in [-0.39, 0.29) is 5.91 Å². The zero-order valence-electron chi connectivity index (χ0n) is 9.54. The second-order valence-electron chi connectivity index (χ2n) is 4.23. The Hall–Kier alpha value is -0.0900. The van der Waals surface area contributed by atoms with E-state index in [2.05, 4.69) is 15.9 Å². The van der Waals surface area contributed by atoms with Gasteiger partial charge in [-0.1, -0.05) is 22.9 Å². The molecule has 3 nitrogen and oxygen atoms in total. The third kappa shape index (κ3) is 4.98. The average molecular weight is 278 g/mol. The van der Waals surface area contributed by atoms with Crippen molar-refractivity contribution in [1.29, 1.82) is 0 Å². The molecule has 0 N–H and O–H groups in total. The van der Waals surface area contributed by atoms with Crippen LogP contribution in [0.1, 0.15) is 32.6 Å². The van der Waals surface area contributed by atoms with Crippen molar-refractivity contribution in [2.75, 3.05) is 20.2 Å². The molecule has 1 aliphatic heterocycles. The van der Waals surface area contributed by atoms with Crippen LogP contribution in [0.4, 0.5) is 0 Å². The van der Waals surface area contributed by atoms with E-state index in [1.54, 1.807) is 4.90 Å². The zero-order valence-corrected chi connectivity index (χ0v) is 11.1. The summed E-state index contributed by atoms with van der Waals surface area (Å²) in [5.74, 6) is 0.219. The standard InChI is InChI=1S/C11H20BrNO2/c1-9(12)8-13(2)11(14)6-5-10-4-3-7-15-10/h9-10H,3-8H2,1-2H3. The van der Waals surface area contributed by atoms with Crippen LogP contribution in [0.5, 0.6) is 0 Å². The van der Waals surface area contributed by atoms with Gasteiger partial charge in [-0.3, -0.25) is 4.79 Å². The Labute approximate surface area is 100 Å². The number of rotatable bonds is 5. The summed E-state index contributed by atoms with van der Waals surface area (Å²) in [4.78, 5) is 13.8. The van der Waals surface area contributed by atoms with Gasteiger partial charge in [-0.05, 0) is 19.3 Å². The minimum atomic E-state index is 0.219. The van der Waals surface area contributed by atoms with Crippen LogP contribution in [0.25, 0.3) is 0 Å². The van der Waals surface area contributed by atoms with Crippen molar-refractivity contribution in [2.24, 2.45) is 0 Å². The van der Waals surface area contributed by atoms with Gasteiger partial charge in [0, 0.05) is 31.4 Å². The molecular formula is C11H20BrNO2. The van der Waals surface area contributed by atoms with Crippen LogP contribution in [0, 0.1) is 0 Å². The van der Waals surface area contributed by atoms with Gasteiger partial charge in [0.2, 0.25) is 5.91 Å². The van der Waals surface area contributed by atoms with Crippen LogP contribution < -0.4 is 0 Å². The van der Waals surface area contributed by atoms with E-state index >= 15 is 0 Å². The molecule has 0 radical (unpaired) electrons. The molecule has 2 atom stereocenters. The van der Waals surface area contributed by atoms with Crippen LogP contribution in [0.3, 0.4) is 0 Å². The highest BCUT2D eigenvalue weighted by Gasteiger charge is 2.18. The quantitative estimate of drug-likeness (QED) is 0.721. The molecule has 4 heteroatoms. The molecule has 0 aliphatic carbocycles. The van der Waals surface area contributed by atoms with Gasteiger partial charge in [0.25, 0.3) is 0 Å². The summed E-state index contributed by atoms with van der Waals surface area (Å²) in [6.07, 6.45) is 4.07. The molecule has 0 aromatic rings. The van der Waals surface area contributed by atoms with Crippen molar-refractivity contribution in [3.05, 3.63) is 0 Å². The predicted molar refractivity (Wildman–Crippen MR) is 64.2 cm³/mol. The summed E-state index contributed by atoms with van der Waals surface area (Å²) in [5.41, 5.74) is 0. The van der Waals surface area contributed by atoms with Crippen molar-refractivity contribution in [3.63, 3.8) is 0 Å². The van der Waals surface area contributed by atoms with Gasteiger partial charge in [0.1, 0.15) is 0 Å². The van der Waals surface area contributed by atoms with E-state index in [0.717, 1.165) is 32.4 Å². The Balaban J connectivity index is 2.16. The maximum absolute atomic E-state index is 11.7. The number of carbonyl (C=O) groups is 1. The minimum Gasteiger partial charge on any atom is -0.378 e. The molecule has 1 rings (SSSR count).